The van der Waals surface area contributed by atoms with Crippen LogP contribution in [0.5, 0.6) is 0 Å². The van der Waals surface area contributed by atoms with Crippen LogP contribution in [-0.4, -0.2) is 40.8 Å². The molecule has 3 aliphatic carbocycles. The lowest BCUT2D eigenvalue weighted by Crippen LogP contribution is -2.59. The van der Waals surface area contributed by atoms with Crippen molar-refractivity contribution in [3.8, 4) is 11.8 Å². The molecule has 0 unspecified atom stereocenters. The van der Waals surface area contributed by atoms with E-state index in [0.717, 1.165) is 37.7 Å². The van der Waals surface area contributed by atoms with Gasteiger partial charge in [-0.25, -0.2) is 0 Å². The highest BCUT2D eigenvalue weighted by Gasteiger charge is 2.58. The van der Waals surface area contributed by atoms with Crippen LogP contribution in [-0.2, 0) is 14.3 Å². The predicted octanol–water partition coefficient (Wildman–Crippen LogP) is 3.11. The lowest BCUT2D eigenvalue weighted by atomic mass is 9.53. The molecule has 0 saturated heterocycles. The van der Waals surface area contributed by atoms with Gasteiger partial charge in [0, 0.05) is 25.4 Å². The summed E-state index contributed by atoms with van der Waals surface area (Å²) < 4.78 is 5.87. The molecule has 148 valence electrons. The number of carboxylic acid groups (broad SMARTS) is 1. The molecule has 4 atom stereocenters. The molecule has 0 radical (unpaired) electrons. The van der Waals surface area contributed by atoms with Gasteiger partial charge in [0.1, 0.15) is 0 Å². The average molecular weight is 374 g/mol. The number of hydrogen-bond donors (Lipinski definition) is 2. The zero-order valence-electron chi connectivity index (χ0n) is 16.1. The van der Waals surface area contributed by atoms with Crippen LogP contribution in [0.4, 0.5) is 0 Å². The molecule has 3 aliphatic rings. The number of Topliss-reactive ketones (excluding diaryl/α,β-unsaturated/α-hetero) is 1. The first-order valence-electron chi connectivity index (χ1n) is 10.2. The number of aliphatic hydroxyl groups is 1. The molecule has 0 spiro atoms. The third-order valence-corrected chi connectivity index (χ3v) is 6.69. The first-order valence-corrected chi connectivity index (χ1v) is 10.2. The highest BCUT2D eigenvalue weighted by atomic mass is 16.5. The van der Waals surface area contributed by atoms with Crippen molar-refractivity contribution in [3.05, 3.63) is 11.6 Å². The molecular weight excluding hydrogens is 344 g/mol. The largest absolute Gasteiger partial charge is 0.481 e. The minimum Gasteiger partial charge on any atom is -0.481 e. The molecule has 0 aromatic rings. The molecule has 0 aromatic heterocycles. The van der Waals surface area contributed by atoms with Gasteiger partial charge in [0.2, 0.25) is 5.78 Å². The Hall–Kier alpha value is -1.64. The first-order chi connectivity index (χ1) is 13.0. The zero-order chi connectivity index (χ0) is 19.4. The third-order valence-electron chi connectivity index (χ3n) is 6.69. The Bertz CT molecular complexity index is 664. The molecule has 0 aliphatic heterocycles. The minimum absolute atomic E-state index is 0.0204. The molecule has 0 heterocycles. The molecule has 3 saturated carbocycles. The molecule has 0 bridgehead atoms. The van der Waals surface area contributed by atoms with Crippen molar-refractivity contribution < 1.29 is 24.5 Å². The molecule has 5 nitrogen and oxygen atoms in total. The molecule has 3 rings (SSSR count). The summed E-state index contributed by atoms with van der Waals surface area (Å²) in [4.78, 5) is 23.2. The van der Waals surface area contributed by atoms with E-state index in [1.165, 1.54) is 6.42 Å². The van der Waals surface area contributed by atoms with Gasteiger partial charge in [0.15, 0.2) is 0 Å². The maximum atomic E-state index is 12.4. The van der Waals surface area contributed by atoms with Gasteiger partial charge < -0.3 is 14.9 Å². The molecule has 3 fully saturated rings. The summed E-state index contributed by atoms with van der Waals surface area (Å²) in [5.74, 6) is 5.03. The van der Waals surface area contributed by atoms with Crippen LogP contribution in [0.25, 0.3) is 0 Å². The van der Waals surface area contributed by atoms with E-state index in [4.69, 9.17) is 9.84 Å². The lowest BCUT2D eigenvalue weighted by molar-refractivity contribution is -0.139. The Morgan fingerprint density at radius 1 is 1.26 bits per heavy atom. The number of carboxylic acids is 1. The number of carbonyl (C=O) groups is 2. The SMILES string of the molecule is CO[C@@]12CC[C@H](O)[C@@H](C#CC(=O)C3CCCCC3)[C@@H]1CC2=CCCC(=O)O. The fourth-order valence-electron chi connectivity index (χ4n) is 5.08. The van der Waals surface area contributed by atoms with Crippen molar-refractivity contribution in [2.75, 3.05) is 7.11 Å². The number of carbonyl (C=O) groups excluding carboxylic acids is 1. The van der Waals surface area contributed by atoms with Crippen molar-refractivity contribution >= 4 is 11.8 Å². The predicted molar refractivity (Wildman–Crippen MR) is 101 cm³/mol. The van der Waals surface area contributed by atoms with Crippen LogP contribution >= 0.6 is 0 Å². The number of ether oxygens (including phenoxy) is 1. The molecule has 0 aromatic carbocycles. The van der Waals surface area contributed by atoms with E-state index in [2.05, 4.69) is 11.8 Å². The van der Waals surface area contributed by atoms with Gasteiger partial charge in [-0.3, -0.25) is 9.59 Å². The normalized spacial score (nSPS) is 34.9. The monoisotopic (exact) mass is 374 g/mol. The van der Waals surface area contributed by atoms with Crippen molar-refractivity contribution in [1.29, 1.82) is 0 Å². The summed E-state index contributed by atoms with van der Waals surface area (Å²) in [6, 6.07) is 0. The topological polar surface area (TPSA) is 83.8 Å². The maximum absolute atomic E-state index is 12.4. The van der Waals surface area contributed by atoms with E-state index in [9.17, 15) is 14.7 Å². The summed E-state index contributed by atoms with van der Waals surface area (Å²) in [6.07, 6.45) is 9.35. The van der Waals surface area contributed by atoms with Gasteiger partial charge in [-0.2, -0.15) is 0 Å². The van der Waals surface area contributed by atoms with Gasteiger partial charge in [0.05, 0.1) is 17.6 Å². The fraction of sp³-hybridized carbons (Fsp3) is 0.727. The number of fused-ring (bicyclic) bond motifs is 1. The van der Waals surface area contributed by atoms with E-state index in [1.807, 2.05) is 6.08 Å². The van der Waals surface area contributed by atoms with Crippen LogP contribution < -0.4 is 0 Å². The number of aliphatic hydroxyl groups excluding tert-OH is 1. The van der Waals surface area contributed by atoms with Gasteiger partial charge in [0.25, 0.3) is 0 Å². The highest BCUT2D eigenvalue weighted by molar-refractivity contribution is 5.97. The van der Waals surface area contributed by atoms with Crippen molar-refractivity contribution in [3.63, 3.8) is 0 Å². The van der Waals surface area contributed by atoms with Gasteiger partial charge in [-0.15, -0.1) is 0 Å². The zero-order valence-corrected chi connectivity index (χ0v) is 16.1. The van der Waals surface area contributed by atoms with Crippen LogP contribution in [0.1, 0.15) is 64.2 Å². The fourth-order valence-corrected chi connectivity index (χ4v) is 5.08. The number of allylic oxidation sites excluding steroid dienone is 1. The Balaban J connectivity index is 1.71. The van der Waals surface area contributed by atoms with Crippen LogP contribution in [0, 0.1) is 29.6 Å². The first kappa shape index (κ1) is 20.1. The number of rotatable bonds is 5. The van der Waals surface area contributed by atoms with Crippen molar-refractivity contribution in [2.24, 2.45) is 17.8 Å². The van der Waals surface area contributed by atoms with Crippen LogP contribution in [0.15, 0.2) is 11.6 Å². The molecule has 0 amide bonds. The van der Waals surface area contributed by atoms with Crippen LogP contribution in [0.3, 0.4) is 0 Å². The average Bonchev–Trinajstić information content (AvgIpc) is 2.66. The molecule has 2 N–H and O–H groups in total. The van der Waals surface area contributed by atoms with E-state index in [1.54, 1.807) is 7.11 Å². The third kappa shape index (κ3) is 4.12. The second-order valence-corrected chi connectivity index (χ2v) is 8.17. The quantitative estimate of drug-likeness (QED) is 0.439. The molecule has 27 heavy (non-hydrogen) atoms. The summed E-state index contributed by atoms with van der Waals surface area (Å²) in [5.41, 5.74) is 0.666. The minimum atomic E-state index is -0.807. The number of ketones is 1. The Labute approximate surface area is 161 Å². The summed E-state index contributed by atoms with van der Waals surface area (Å²) in [5, 5.41) is 19.3. The maximum Gasteiger partial charge on any atom is 0.303 e. The van der Waals surface area contributed by atoms with Crippen molar-refractivity contribution in [1.82, 2.24) is 0 Å². The Morgan fingerprint density at radius 2 is 2.00 bits per heavy atom. The number of aliphatic carboxylic acids is 1. The highest BCUT2D eigenvalue weighted by Crippen LogP contribution is 2.56. The Morgan fingerprint density at radius 3 is 2.67 bits per heavy atom. The summed E-state index contributed by atoms with van der Waals surface area (Å²) in [7, 11) is 1.67. The smallest absolute Gasteiger partial charge is 0.303 e. The van der Waals surface area contributed by atoms with Gasteiger partial charge in [-0.05, 0) is 50.0 Å². The number of hydrogen-bond acceptors (Lipinski definition) is 4. The standard InChI is InChI=1S/C22H30O5/c1-27-22-13-12-20(24)17(10-11-19(23)15-6-3-2-4-7-15)18(22)14-16(22)8-5-9-21(25)26/h8,15,17-18,20,24H,2-7,9,12-14H2,1H3,(H,25,26)/t17-,18-,20-,22+/m0/s1. The summed E-state index contributed by atoms with van der Waals surface area (Å²) in [6.45, 7) is 0. The second-order valence-electron chi connectivity index (χ2n) is 8.17. The Kier molecular flexibility index (Phi) is 6.39. The lowest BCUT2D eigenvalue weighted by Gasteiger charge is -2.57. The van der Waals surface area contributed by atoms with Gasteiger partial charge in [-0.1, -0.05) is 31.3 Å². The van der Waals surface area contributed by atoms with E-state index < -0.39 is 17.7 Å². The summed E-state index contributed by atoms with van der Waals surface area (Å²) >= 11 is 0. The van der Waals surface area contributed by atoms with E-state index in [-0.39, 0.29) is 30.0 Å². The van der Waals surface area contributed by atoms with E-state index >= 15 is 0 Å². The van der Waals surface area contributed by atoms with E-state index in [0.29, 0.717) is 19.3 Å². The molecule has 5 heteroatoms. The van der Waals surface area contributed by atoms with Crippen LogP contribution in [0.2, 0.25) is 0 Å². The van der Waals surface area contributed by atoms with Crippen molar-refractivity contribution in [2.45, 2.75) is 75.9 Å². The molecular formula is C22H30O5. The second kappa shape index (κ2) is 8.58. The number of methoxy groups -OCH3 is 1. The van der Waals surface area contributed by atoms with Gasteiger partial charge >= 0.3 is 5.97 Å².